The topological polar surface area (TPSA) is 42.0 Å². The quantitative estimate of drug-likeness (QED) is 0.794. The summed E-state index contributed by atoms with van der Waals surface area (Å²) in [6.45, 7) is 3.01. The fraction of sp³-hybridized carbons (Fsp3) is 0.588. The summed E-state index contributed by atoms with van der Waals surface area (Å²) in [6, 6.07) is 7.74. The molecule has 2 fully saturated rings. The molecule has 0 bridgehead atoms. The fourth-order valence-corrected chi connectivity index (χ4v) is 3.83. The average Bonchev–Trinajstić information content (AvgIpc) is 3.13. The number of nitrogens with zero attached hydrogens (tertiary/aromatic N) is 2. The molecular formula is C17H21ClN2O3. The van der Waals surface area contributed by atoms with E-state index in [0.717, 1.165) is 24.3 Å². The first-order valence-corrected chi connectivity index (χ1v) is 8.79. The third kappa shape index (κ3) is 2.47. The Kier molecular flexibility index (Phi) is 4.05. The molecule has 3 aliphatic heterocycles. The third-order valence-electron chi connectivity index (χ3n) is 4.84. The number of piperidine rings is 1. The molecule has 0 radical (unpaired) electrons. The normalized spacial score (nSPS) is 31.1. The number of anilines is 1. The maximum absolute atomic E-state index is 13.1. The summed E-state index contributed by atoms with van der Waals surface area (Å²) in [7, 11) is 0. The molecular weight excluding hydrogens is 316 g/mol. The van der Waals surface area contributed by atoms with Crippen LogP contribution in [0.2, 0.25) is 0 Å². The minimum absolute atomic E-state index is 0.128. The first-order valence-electron chi connectivity index (χ1n) is 8.26. The van der Waals surface area contributed by atoms with Crippen molar-refractivity contribution in [2.45, 2.75) is 31.2 Å². The van der Waals surface area contributed by atoms with Crippen molar-refractivity contribution in [3.63, 3.8) is 0 Å². The van der Waals surface area contributed by atoms with Crippen molar-refractivity contribution in [3.8, 4) is 0 Å². The van der Waals surface area contributed by atoms with Crippen LogP contribution in [0.15, 0.2) is 24.3 Å². The van der Waals surface area contributed by atoms with E-state index in [1.165, 1.54) is 19.3 Å². The first-order chi connectivity index (χ1) is 11.2. The molecule has 1 spiro atoms. The number of para-hydroxylation sites is 1. The van der Waals surface area contributed by atoms with E-state index in [1.807, 2.05) is 24.3 Å². The van der Waals surface area contributed by atoms with Gasteiger partial charge in [0.15, 0.2) is 0 Å². The van der Waals surface area contributed by atoms with Crippen molar-refractivity contribution >= 4 is 23.2 Å². The predicted molar refractivity (Wildman–Crippen MR) is 87.4 cm³/mol. The molecule has 3 aliphatic rings. The van der Waals surface area contributed by atoms with Crippen molar-refractivity contribution in [1.29, 1.82) is 0 Å². The van der Waals surface area contributed by atoms with Crippen LogP contribution in [0.3, 0.4) is 0 Å². The lowest BCUT2D eigenvalue weighted by molar-refractivity contribution is -0.185. The number of rotatable bonds is 3. The number of hydrogen-bond acceptors (Lipinski definition) is 4. The van der Waals surface area contributed by atoms with E-state index in [0.29, 0.717) is 19.2 Å². The standard InChI is InChI=1S/C17H21ClN2O3/c18-10-13-11-22-17(23-13)14-6-2-3-7-15(14)20(16(17)21)12-19-8-4-1-5-9-19/h2-3,6-7,13H,1,4-5,8-12H2. The van der Waals surface area contributed by atoms with Crippen LogP contribution in [-0.2, 0) is 20.1 Å². The molecule has 23 heavy (non-hydrogen) atoms. The second-order valence-corrected chi connectivity index (χ2v) is 6.70. The number of ether oxygens (including phenoxy) is 2. The Morgan fingerprint density at radius 1 is 1.22 bits per heavy atom. The molecule has 5 nitrogen and oxygen atoms in total. The van der Waals surface area contributed by atoms with Gasteiger partial charge < -0.3 is 9.47 Å². The van der Waals surface area contributed by atoms with Crippen LogP contribution >= 0.6 is 11.6 Å². The molecule has 1 aromatic rings. The van der Waals surface area contributed by atoms with Crippen LogP contribution in [0, 0.1) is 0 Å². The van der Waals surface area contributed by atoms with Gasteiger partial charge >= 0.3 is 0 Å². The monoisotopic (exact) mass is 336 g/mol. The highest BCUT2D eigenvalue weighted by atomic mass is 35.5. The van der Waals surface area contributed by atoms with Gasteiger partial charge in [0.2, 0.25) is 0 Å². The van der Waals surface area contributed by atoms with E-state index in [9.17, 15) is 4.79 Å². The van der Waals surface area contributed by atoms with Gasteiger partial charge in [0.05, 0.1) is 30.9 Å². The zero-order valence-corrected chi connectivity index (χ0v) is 13.8. The van der Waals surface area contributed by atoms with Gasteiger partial charge in [0.1, 0.15) is 0 Å². The number of hydrogen-bond donors (Lipinski definition) is 0. The van der Waals surface area contributed by atoms with Gasteiger partial charge in [0.25, 0.3) is 11.7 Å². The number of alkyl halides is 1. The van der Waals surface area contributed by atoms with Crippen molar-refractivity contribution in [3.05, 3.63) is 29.8 Å². The van der Waals surface area contributed by atoms with Gasteiger partial charge in [0, 0.05) is 5.56 Å². The van der Waals surface area contributed by atoms with Gasteiger partial charge in [-0.2, -0.15) is 0 Å². The Morgan fingerprint density at radius 2 is 2.00 bits per heavy atom. The SMILES string of the molecule is O=C1N(CN2CCCCC2)c2ccccc2C12OCC(CCl)O2. The highest BCUT2D eigenvalue weighted by Gasteiger charge is 2.58. The summed E-state index contributed by atoms with van der Waals surface area (Å²) < 4.78 is 11.8. The Morgan fingerprint density at radius 3 is 2.74 bits per heavy atom. The van der Waals surface area contributed by atoms with E-state index >= 15 is 0 Å². The molecule has 2 saturated heterocycles. The zero-order chi connectivity index (χ0) is 15.9. The zero-order valence-electron chi connectivity index (χ0n) is 13.0. The van der Waals surface area contributed by atoms with Gasteiger partial charge in [-0.05, 0) is 32.0 Å². The molecule has 1 aromatic carbocycles. The van der Waals surface area contributed by atoms with Gasteiger partial charge in [-0.25, -0.2) is 0 Å². The number of halogens is 1. The van der Waals surface area contributed by atoms with E-state index in [4.69, 9.17) is 21.1 Å². The van der Waals surface area contributed by atoms with Gasteiger partial charge in [-0.1, -0.05) is 24.6 Å². The summed E-state index contributed by atoms with van der Waals surface area (Å²) in [4.78, 5) is 17.3. The minimum atomic E-state index is -1.30. The molecule has 3 heterocycles. The third-order valence-corrected chi connectivity index (χ3v) is 5.19. The predicted octanol–water partition coefficient (Wildman–Crippen LogP) is 2.28. The fourth-order valence-electron chi connectivity index (χ4n) is 3.67. The largest absolute Gasteiger partial charge is 0.336 e. The molecule has 2 atom stereocenters. The van der Waals surface area contributed by atoms with Gasteiger partial charge in [-0.15, -0.1) is 11.6 Å². The maximum atomic E-state index is 13.1. The lowest BCUT2D eigenvalue weighted by atomic mass is 10.1. The number of benzene rings is 1. The first kappa shape index (κ1) is 15.4. The molecule has 124 valence electrons. The minimum Gasteiger partial charge on any atom is -0.336 e. The Hall–Kier alpha value is -1.14. The highest BCUT2D eigenvalue weighted by Crippen LogP contribution is 2.47. The second kappa shape index (κ2) is 6.06. The van der Waals surface area contributed by atoms with Crippen LogP contribution in [0.25, 0.3) is 0 Å². The summed E-state index contributed by atoms with van der Waals surface area (Å²) >= 11 is 5.90. The van der Waals surface area contributed by atoms with Crippen molar-refractivity contribution in [2.24, 2.45) is 0 Å². The summed E-state index contributed by atoms with van der Waals surface area (Å²) in [5, 5.41) is 0. The van der Waals surface area contributed by atoms with Crippen LogP contribution in [0.4, 0.5) is 5.69 Å². The molecule has 0 aliphatic carbocycles. The smallest absolute Gasteiger partial charge is 0.293 e. The maximum Gasteiger partial charge on any atom is 0.293 e. The van der Waals surface area contributed by atoms with E-state index in [1.54, 1.807) is 4.90 Å². The lowest BCUT2D eigenvalue weighted by Crippen LogP contribution is -2.47. The van der Waals surface area contributed by atoms with Crippen molar-refractivity contribution in [1.82, 2.24) is 4.90 Å². The Balaban J connectivity index is 1.65. The summed E-state index contributed by atoms with van der Waals surface area (Å²) in [6.07, 6.45) is 3.41. The van der Waals surface area contributed by atoms with E-state index < -0.39 is 5.79 Å². The molecule has 0 aromatic heterocycles. The van der Waals surface area contributed by atoms with Crippen molar-refractivity contribution < 1.29 is 14.3 Å². The summed E-state index contributed by atoms with van der Waals surface area (Å²) in [5.41, 5.74) is 1.69. The number of carbonyl (C=O) groups excluding carboxylic acids is 1. The summed E-state index contributed by atoms with van der Waals surface area (Å²) in [5.74, 6) is -1.10. The number of carbonyl (C=O) groups is 1. The van der Waals surface area contributed by atoms with Crippen LogP contribution < -0.4 is 4.90 Å². The molecule has 2 unspecified atom stereocenters. The number of likely N-dealkylation sites (tertiary alicyclic amines) is 1. The van der Waals surface area contributed by atoms with Crippen LogP contribution in [0.1, 0.15) is 24.8 Å². The van der Waals surface area contributed by atoms with Crippen LogP contribution in [-0.4, -0.2) is 49.2 Å². The molecule has 0 saturated carbocycles. The van der Waals surface area contributed by atoms with E-state index in [-0.39, 0.29) is 12.0 Å². The Labute approximate surface area is 141 Å². The van der Waals surface area contributed by atoms with Crippen molar-refractivity contribution in [2.75, 3.05) is 37.1 Å². The number of fused-ring (bicyclic) bond motifs is 2. The number of amides is 1. The molecule has 1 amide bonds. The Bertz CT molecular complexity index is 605. The van der Waals surface area contributed by atoms with E-state index in [2.05, 4.69) is 4.90 Å². The lowest BCUT2D eigenvalue weighted by Gasteiger charge is -2.31. The van der Waals surface area contributed by atoms with Gasteiger partial charge in [-0.3, -0.25) is 14.6 Å². The average molecular weight is 337 g/mol. The second-order valence-electron chi connectivity index (χ2n) is 6.39. The molecule has 0 N–H and O–H groups in total. The highest BCUT2D eigenvalue weighted by molar-refractivity contribution is 6.18. The molecule has 6 heteroatoms. The molecule has 4 rings (SSSR count). The van der Waals surface area contributed by atoms with Crippen LogP contribution in [0.5, 0.6) is 0 Å².